The number of alkyl halides is 2. The van der Waals surface area contributed by atoms with Gasteiger partial charge in [0.05, 0.1) is 6.54 Å². The average molecular weight is 504 g/mol. The summed E-state index contributed by atoms with van der Waals surface area (Å²) in [7, 11) is 0. The van der Waals surface area contributed by atoms with Gasteiger partial charge < -0.3 is 15.0 Å². The van der Waals surface area contributed by atoms with Crippen molar-refractivity contribution in [1.29, 1.82) is 0 Å². The van der Waals surface area contributed by atoms with Crippen LogP contribution in [-0.4, -0.2) is 66.2 Å². The largest absolute Gasteiger partial charge is 0.444 e. The number of fused-ring (bicyclic) bond motifs is 1. The molecule has 5 rings (SSSR count). The van der Waals surface area contributed by atoms with Crippen molar-refractivity contribution in [3.8, 4) is 0 Å². The van der Waals surface area contributed by atoms with Crippen molar-refractivity contribution in [2.24, 2.45) is 11.3 Å². The van der Waals surface area contributed by atoms with Crippen LogP contribution in [0.1, 0.15) is 76.8 Å². The minimum atomic E-state index is -2.65. The number of carbonyl (C=O) groups excluding carboxylic acids is 1. The highest BCUT2D eigenvalue weighted by Crippen LogP contribution is 2.47. The fourth-order valence-electron chi connectivity index (χ4n) is 7.02. The van der Waals surface area contributed by atoms with E-state index in [4.69, 9.17) is 4.74 Å². The molecule has 1 spiro atoms. The van der Waals surface area contributed by atoms with Crippen LogP contribution >= 0.6 is 0 Å². The second-order valence-corrected chi connectivity index (χ2v) is 12.7. The first-order valence-corrected chi connectivity index (χ1v) is 14.0. The molecular formula is C29H43F2N3O2. The molecule has 7 heteroatoms. The fraction of sp³-hybridized carbons (Fsp3) is 0.759. The number of amides is 1. The summed E-state index contributed by atoms with van der Waals surface area (Å²) in [6.45, 7) is 8.75. The maximum atomic E-state index is 15.4. The Kier molecular flexibility index (Phi) is 6.99. The number of hydrogen-bond acceptors (Lipinski definition) is 4. The van der Waals surface area contributed by atoms with Crippen LogP contribution in [0, 0.1) is 11.3 Å². The van der Waals surface area contributed by atoms with E-state index in [1.807, 2.05) is 37.8 Å². The van der Waals surface area contributed by atoms with Gasteiger partial charge in [0.2, 0.25) is 0 Å². The SMILES string of the molecule is CC(C)(C)OC(=O)N1CCC2(CCC(N3CCC(Cc4cccc5c4CCN5)C(F)(F)C3)CC2)CC1. The van der Waals surface area contributed by atoms with E-state index in [-0.39, 0.29) is 24.1 Å². The molecule has 3 aliphatic heterocycles. The standard InChI is InChI=1S/C29H43F2N3O2/c1-27(2,3)36-26(35)33-17-13-28(14-18-33)11-7-23(8-12-28)34-16-10-22(29(30,31)20-34)19-21-5-4-6-25-24(21)9-15-32-25/h4-6,22-23,32H,7-20H2,1-3H3. The summed E-state index contributed by atoms with van der Waals surface area (Å²) in [5.74, 6) is -3.23. The Bertz CT molecular complexity index is 942. The quantitative estimate of drug-likeness (QED) is 0.540. The summed E-state index contributed by atoms with van der Waals surface area (Å²) in [5, 5.41) is 3.37. The number of likely N-dealkylation sites (tertiary alicyclic amines) is 2. The van der Waals surface area contributed by atoms with E-state index in [0.29, 0.717) is 12.8 Å². The van der Waals surface area contributed by atoms with Gasteiger partial charge in [0.1, 0.15) is 5.60 Å². The Balaban J connectivity index is 1.12. The third kappa shape index (κ3) is 5.51. The number of benzene rings is 1. The zero-order valence-electron chi connectivity index (χ0n) is 22.3. The van der Waals surface area contributed by atoms with Crippen LogP contribution in [0.25, 0.3) is 0 Å². The van der Waals surface area contributed by atoms with E-state index in [2.05, 4.69) is 16.3 Å². The number of ether oxygens (including phenoxy) is 1. The lowest BCUT2D eigenvalue weighted by atomic mass is 9.66. The van der Waals surface area contributed by atoms with Gasteiger partial charge in [-0.2, -0.15) is 0 Å². The highest BCUT2D eigenvalue weighted by atomic mass is 19.3. The smallest absolute Gasteiger partial charge is 0.410 e. The molecule has 3 fully saturated rings. The highest BCUT2D eigenvalue weighted by molar-refractivity contribution is 5.68. The van der Waals surface area contributed by atoms with Crippen LogP contribution in [0.3, 0.4) is 0 Å². The predicted molar refractivity (Wildman–Crippen MR) is 139 cm³/mol. The maximum Gasteiger partial charge on any atom is 0.410 e. The van der Waals surface area contributed by atoms with Crippen LogP contribution in [0.15, 0.2) is 18.2 Å². The Hall–Kier alpha value is -1.89. The second kappa shape index (κ2) is 9.77. The van der Waals surface area contributed by atoms with Crippen LogP contribution in [0.4, 0.5) is 19.3 Å². The van der Waals surface area contributed by atoms with Gasteiger partial charge in [-0.05, 0) is 108 Å². The summed E-state index contributed by atoms with van der Waals surface area (Å²) in [5.41, 5.74) is 3.26. The summed E-state index contributed by atoms with van der Waals surface area (Å²) >= 11 is 0. The number of piperidine rings is 2. The van der Waals surface area contributed by atoms with E-state index in [0.717, 1.165) is 82.4 Å². The molecule has 1 atom stereocenters. The van der Waals surface area contributed by atoms with Crippen molar-refractivity contribution in [3.63, 3.8) is 0 Å². The predicted octanol–water partition coefficient (Wildman–Crippen LogP) is 6.11. The number of anilines is 1. The third-order valence-electron chi connectivity index (χ3n) is 9.21. The van der Waals surface area contributed by atoms with Crippen molar-refractivity contribution in [2.75, 3.05) is 38.0 Å². The van der Waals surface area contributed by atoms with Crippen molar-refractivity contribution in [1.82, 2.24) is 9.80 Å². The Morgan fingerprint density at radius 3 is 2.47 bits per heavy atom. The van der Waals surface area contributed by atoms with Gasteiger partial charge in [-0.15, -0.1) is 0 Å². The van der Waals surface area contributed by atoms with Gasteiger partial charge in [-0.1, -0.05) is 12.1 Å². The normalized spacial score (nSPS) is 26.5. The summed E-state index contributed by atoms with van der Waals surface area (Å²) in [6.07, 6.45) is 7.90. The molecule has 1 amide bonds. The first kappa shape index (κ1) is 25.7. The fourth-order valence-corrected chi connectivity index (χ4v) is 7.02. The van der Waals surface area contributed by atoms with Crippen molar-refractivity contribution >= 4 is 11.8 Å². The number of hydrogen-bond donors (Lipinski definition) is 1. The minimum Gasteiger partial charge on any atom is -0.444 e. The third-order valence-corrected chi connectivity index (χ3v) is 9.21. The molecule has 36 heavy (non-hydrogen) atoms. The Morgan fingerprint density at radius 2 is 1.81 bits per heavy atom. The average Bonchev–Trinajstić information content (AvgIpc) is 3.30. The van der Waals surface area contributed by atoms with E-state index in [9.17, 15) is 4.79 Å². The topological polar surface area (TPSA) is 44.8 Å². The lowest BCUT2D eigenvalue weighted by molar-refractivity contribution is -0.124. The maximum absolute atomic E-state index is 15.4. The van der Waals surface area contributed by atoms with Gasteiger partial charge in [-0.3, -0.25) is 4.90 Å². The molecule has 1 aromatic rings. The van der Waals surface area contributed by atoms with Gasteiger partial charge in [-0.25, -0.2) is 13.6 Å². The van der Waals surface area contributed by atoms with Gasteiger partial charge in [0.25, 0.3) is 5.92 Å². The summed E-state index contributed by atoms with van der Waals surface area (Å²) < 4.78 is 36.3. The van der Waals surface area contributed by atoms with E-state index in [1.165, 1.54) is 5.56 Å². The van der Waals surface area contributed by atoms with Gasteiger partial charge in [0.15, 0.2) is 0 Å². The molecule has 1 N–H and O–H groups in total. The molecule has 0 bridgehead atoms. The van der Waals surface area contributed by atoms with Crippen LogP contribution in [-0.2, 0) is 17.6 Å². The van der Waals surface area contributed by atoms with Crippen LogP contribution < -0.4 is 5.32 Å². The summed E-state index contributed by atoms with van der Waals surface area (Å²) in [6, 6.07) is 6.36. The van der Waals surface area contributed by atoms with Crippen molar-refractivity contribution in [2.45, 2.75) is 96.1 Å². The highest BCUT2D eigenvalue weighted by Gasteiger charge is 2.48. The lowest BCUT2D eigenvalue weighted by Crippen LogP contribution is -2.54. The monoisotopic (exact) mass is 503 g/mol. The zero-order chi connectivity index (χ0) is 25.6. The zero-order valence-corrected chi connectivity index (χ0v) is 22.3. The number of rotatable bonds is 3. The van der Waals surface area contributed by atoms with Crippen LogP contribution in [0.2, 0.25) is 0 Å². The Morgan fingerprint density at radius 1 is 1.08 bits per heavy atom. The van der Waals surface area contributed by atoms with Crippen LogP contribution in [0.5, 0.6) is 0 Å². The number of carbonyl (C=O) groups is 1. The molecule has 1 aromatic carbocycles. The molecule has 200 valence electrons. The molecule has 0 radical (unpaired) electrons. The van der Waals surface area contributed by atoms with E-state index in [1.54, 1.807) is 0 Å². The molecule has 2 saturated heterocycles. The van der Waals surface area contributed by atoms with Gasteiger partial charge in [0, 0.05) is 37.3 Å². The number of halogens is 2. The molecule has 4 aliphatic rings. The number of nitrogens with zero attached hydrogens (tertiary/aromatic N) is 2. The molecule has 1 aliphatic carbocycles. The summed E-state index contributed by atoms with van der Waals surface area (Å²) in [4.78, 5) is 16.4. The first-order chi connectivity index (χ1) is 17.0. The Labute approximate surface area is 214 Å². The second-order valence-electron chi connectivity index (χ2n) is 12.7. The molecule has 3 heterocycles. The van der Waals surface area contributed by atoms with Crippen molar-refractivity contribution < 1.29 is 18.3 Å². The van der Waals surface area contributed by atoms with Crippen molar-refractivity contribution in [3.05, 3.63) is 29.3 Å². The number of nitrogens with one attached hydrogen (secondary N) is 1. The molecular weight excluding hydrogens is 460 g/mol. The van der Waals surface area contributed by atoms with Gasteiger partial charge >= 0.3 is 6.09 Å². The molecule has 1 unspecified atom stereocenters. The minimum absolute atomic E-state index is 0.102. The van der Waals surface area contributed by atoms with E-state index >= 15 is 8.78 Å². The molecule has 0 aromatic heterocycles. The molecule has 1 saturated carbocycles. The first-order valence-electron chi connectivity index (χ1n) is 14.0. The molecule has 5 nitrogen and oxygen atoms in total. The lowest BCUT2D eigenvalue weighted by Gasteiger charge is -2.49. The van der Waals surface area contributed by atoms with E-state index < -0.39 is 17.4 Å².